The molecule has 2 N–H and O–H groups in total. The van der Waals surface area contributed by atoms with Gasteiger partial charge in [0.1, 0.15) is 0 Å². The van der Waals surface area contributed by atoms with Crippen molar-refractivity contribution in [1.29, 1.82) is 0 Å². The van der Waals surface area contributed by atoms with Gasteiger partial charge in [-0.05, 0) is 24.6 Å². The fraction of sp³-hybridized carbons (Fsp3) is 0.308. The lowest BCUT2D eigenvalue weighted by Gasteiger charge is -2.14. The molecule has 0 aliphatic rings. The number of carbonyl (C=O) groups is 1. The van der Waals surface area contributed by atoms with Gasteiger partial charge in [-0.1, -0.05) is 30.3 Å². The highest BCUT2D eigenvalue weighted by atomic mass is 35.5. The van der Waals surface area contributed by atoms with E-state index in [0.717, 1.165) is 11.3 Å². The van der Waals surface area contributed by atoms with E-state index in [1.54, 1.807) is 0 Å². The highest BCUT2D eigenvalue weighted by Gasteiger charge is 2.05. The lowest BCUT2D eigenvalue weighted by Crippen LogP contribution is -2.20. The average molecular weight is 253 g/mol. The molecular weight excluding hydrogens is 236 g/mol. The van der Waals surface area contributed by atoms with Crippen LogP contribution in [-0.2, 0) is 4.79 Å². The summed E-state index contributed by atoms with van der Waals surface area (Å²) in [6, 6.07) is 7.86. The van der Waals surface area contributed by atoms with E-state index in [-0.39, 0.29) is 11.9 Å². The summed E-state index contributed by atoms with van der Waals surface area (Å²) in [5.74, 6) is -0.0723. The van der Waals surface area contributed by atoms with Gasteiger partial charge < -0.3 is 10.6 Å². The van der Waals surface area contributed by atoms with Gasteiger partial charge in [0, 0.05) is 30.2 Å². The second-order valence-electron chi connectivity index (χ2n) is 3.93. The molecule has 0 saturated heterocycles. The fourth-order valence-electron chi connectivity index (χ4n) is 1.47. The number of halogens is 1. The first-order valence-electron chi connectivity index (χ1n) is 5.43. The minimum absolute atomic E-state index is 0.0723. The predicted molar refractivity (Wildman–Crippen MR) is 72.2 cm³/mol. The van der Waals surface area contributed by atoms with Crippen LogP contribution in [0, 0.1) is 0 Å². The molecule has 0 radical (unpaired) electrons. The second-order valence-corrected chi connectivity index (χ2v) is 4.46. The van der Waals surface area contributed by atoms with E-state index < -0.39 is 0 Å². The first-order valence-corrected chi connectivity index (χ1v) is 5.81. The summed E-state index contributed by atoms with van der Waals surface area (Å²) in [6.45, 7) is 7.71. The zero-order valence-electron chi connectivity index (χ0n) is 10.1. The molecule has 1 aromatic rings. The Morgan fingerprint density at radius 1 is 1.53 bits per heavy atom. The lowest BCUT2D eigenvalue weighted by atomic mass is 10.1. The molecule has 17 heavy (non-hydrogen) atoms. The number of anilines is 1. The SMILES string of the molecule is C=C(Cl)CNC(C)c1cccc(NC(C)=O)c1. The first kappa shape index (κ1) is 13.7. The van der Waals surface area contributed by atoms with Crippen LogP contribution < -0.4 is 10.6 Å². The van der Waals surface area contributed by atoms with Gasteiger partial charge in [0.25, 0.3) is 0 Å². The monoisotopic (exact) mass is 252 g/mol. The fourth-order valence-corrected chi connectivity index (χ4v) is 1.55. The molecule has 1 aromatic carbocycles. The molecule has 0 aliphatic heterocycles. The smallest absolute Gasteiger partial charge is 0.221 e. The van der Waals surface area contributed by atoms with E-state index in [2.05, 4.69) is 17.2 Å². The molecule has 0 spiro atoms. The van der Waals surface area contributed by atoms with E-state index in [4.69, 9.17) is 11.6 Å². The molecule has 1 amide bonds. The summed E-state index contributed by atoms with van der Waals surface area (Å²) in [6.07, 6.45) is 0. The lowest BCUT2D eigenvalue weighted by molar-refractivity contribution is -0.114. The van der Waals surface area contributed by atoms with Gasteiger partial charge in [0.15, 0.2) is 0 Å². The molecule has 1 unspecified atom stereocenters. The number of nitrogens with one attached hydrogen (secondary N) is 2. The van der Waals surface area contributed by atoms with Gasteiger partial charge in [-0.25, -0.2) is 0 Å². The quantitative estimate of drug-likeness (QED) is 0.846. The Morgan fingerprint density at radius 2 is 2.24 bits per heavy atom. The molecular formula is C13H17ClN2O. The van der Waals surface area contributed by atoms with Crippen LogP contribution in [-0.4, -0.2) is 12.5 Å². The van der Waals surface area contributed by atoms with Crippen molar-refractivity contribution in [1.82, 2.24) is 5.32 Å². The standard InChI is InChI=1S/C13H17ClN2O/c1-9(14)8-15-10(2)12-5-4-6-13(7-12)16-11(3)17/h4-7,10,15H,1,8H2,2-3H3,(H,16,17). The summed E-state index contributed by atoms with van der Waals surface area (Å²) < 4.78 is 0. The second kappa shape index (κ2) is 6.42. The van der Waals surface area contributed by atoms with Crippen molar-refractivity contribution in [2.75, 3.05) is 11.9 Å². The van der Waals surface area contributed by atoms with E-state index in [9.17, 15) is 4.79 Å². The van der Waals surface area contributed by atoms with Crippen molar-refractivity contribution in [2.45, 2.75) is 19.9 Å². The van der Waals surface area contributed by atoms with E-state index in [1.165, 1.54) is 6.92 Å². The van der Waals surface area contributed by atoms with Crippen molar-refractivity contribution < 1.29 is 4.79 Å². The molecule has 0 fully saturated rings. The Balaban J connectivity index is 2.69. The van der Waals surface area contributed by atoms with Crippen LogP contribution in [0.25, 0.3) is 0 Å². The average Bonchev–Trinajstić information content (AvgIpc) is 2.25. The minimum Gasteiger partial charge on any atom is -0.326 e. The normalized spacial score (nSPS) is 11.9. The molecule has 0 saturated carbocycles. The third kappa shape index (κ3) is 5.02. The molecule has 1 rings (SSSR count). The molecule has 92 valence electrons. The Kier molecular flexibility index (Phi) is 5.19. The number of hydrogen-bond acceptors (Lipinski definition) is 2. The van der Waals surface area contributed by atoms with Crippen molar-refractivity contribution in [3.05, 3.63) is 41.4 Å². The first-order chi connectivity index (χ1) is 7.99. The number of benzene rings is 1. The van der Waals surface area contributed by atoms with Crippen LogP contribution in [0.1, 0.15) is 25.5 Å². The molecule has 4 heteroatoms. The summed E-state index contributed by atoms with van der Waals surface area (Å²) in [5, 5.41) is 6.57. The molecule has 0 aromatic heterocycles. The Bertz CT molecular complexity index is 418. The number of carbonyl (C=O) groups excluding carboxylic acids is 1. The zero-order valence-corrected chi connectivity index (χ0v) is 10.8. The summed E-state index contributed by atoms with van der Waals surface area (Å²) in [5.41, 5.74) is 1.89. The van der Waals surface area contributed by atoms with Crippen molar-refractivity contribution >= 4 is 23.2 Å². The largest absolute Gasteiger partial charge is 0.326 e. The maximum Gasteiger partial charge on any atom is 0.221 e. The van der Waals surface area contributed by atoms with Crippen molar-refractivity contribution in [3.63, 3.8) is 0 Å². The third-order valence-corrected chi connectivity index (χ3v) is 2.44. The number of rotatable bonds is 5. The Morgan fingerprint density at radius 3 is 2.82 bits per heavy atom. The Hall–Kier alpha value is -1.32. The van der Waals surface area contributed by atoms with Gasteiger partial charge in [0.2, 0.25) is 5.91 Å². The van der Waals surface area contributed by atoms with Gasteiger partial charge in [0.05, 0.1) is 0 Å². The zero-order chi connectivity index (χ0) is 12.8. The van der Waals surface area contributed by atoms with Gasteiger partial charge in [-0.15, -0.1) is 0 Å². The number of amides is 1. The Labute approximate surface area is 107 Å². The topological polar surface area (TPSA) is 41.1 Å². The van der Waals surface area contributed by atoms with Gasteiger partial charge >= 0.3 is 0 Å². The molecule has 3 nitrogen and oxygen atoms in total. The van der Waals surface area contributed by atoms with Crippen LogP contribution >= 0.6 is 11.6 Å². The van der Waals surface area contributed by atoms with Gasteiger partial charge in [-0.2, -0.15) is 0 Å². The van der Waals surface area contributed by atoms with Crippen molar-refractivity contribution in [2.24, 2.45) is 0 Å². The number of hydrogen-bond donors (Lipinski definition) is 2. The predicted octanol–water partition coefficient (Wildman–Crippen LogP) is 3.05. The maximum absolute atomic E-state index is 11.0. The van der Waals surface area contributed by atoms with Crippen LogP contribution in [0.2, 0.25) is 0 Å². The maximum atomic E-state index is 11.0. The molecule has 0 aliphatic carbocycles. The van der Waals surface area contributed by atoms with E-state index >= 15 is 0 Å². The molecule has 0 heterocycles. The minimum atomic E-state index is -0.0723. The molecule has 0 bridgehead atoms. The summed E-state index contributed by atoms with van der Waals surface area (Å²) in [4.78, 5) is 11.0. The molecule has 1 atom stereocenters. The summed E-state index contributed by atoms with van der Waals surface area (Å²) in [7, 11) is 0. The highest BCUT2D eigenvalue weighted by molar-refractivity contribution is 6.29. The van der Waals surface area contributed by atoms with Crippen LogP contribution in [0.4, 0.5) is 5.69 Å². The van der Waals surface area contributed by atoms with Crippen molar-refractivity contribution in [3.8, 4) is 0 Å². The van der Waals surface area contributed by atoms with Crippen LogP contribution in [0.5, 0.6) is 0 Å². The summed E-state index contributed by atoms with van der Waals surface area (Å²) >= 11 is 5.70. The van der Waals surface area contributed by atoms with Gasteiger partial charge in [-0.3, -0.25) is 4.79 Å². The highest BCUT2D eigenvalue weighted by Crippen LogP contribution is 2.17. The van der Waals surface area contributed by atoms with E-state index in [1.807, 2.05) is 31.2 Å². The van der Waals surface area contributed by atoms with Crippen LogP contribution in [0.15, 0.2) is 35.9 Å². The van der Waals surface area contributed by atoms with Crippen LogP contribution in [0.3, 0.4) is 0 Å². The third-order valence-electron chi connectivity index (χ3n) is 2.31. The van der Waals surface area contributed by atoms with E-state index in [0.29, 0.717) is 11.6 Å².